The fourth-order valence-corrected chi connectivity index (χ4v) is 2.65. The first-order valence-electron chi connectivity index (χ1n) is 8.38. The molecule has 3 rings (SSSR count). The normalized spacial score (nSPS) is 10.2. The molecule has 3 aromatic rings. The van der Waals surface area contributed by atoms with Crippen molar-refractivity contribution < 1.29 is 9.59 Å². The molecule has 0 aliphatic rings. The van der Waals surface area contributed by atoms with Crippen molar-refractivity contribution in [1.82, 2.24) is 0 Å². The van der Waals surface area contributed by atoms with Gasteiger partial charge < -0.3 is 10.6 Å². The topological polar surface area (TPSA) is 58.2 Å². The molecule has 2 amide bonds. The van der Waals surface area contributed by atoms with Crippen LogP contribution in [0.2, 0.25) is 0 Å². The van der Waals surface area contributed by atoms with Gasteiger partial charge in [-0.3, -0.25) is 9.59 Å². The molecule has 0 saturated carbocycles. The molecular weight excluding hydrogens is 324 g/mol. The number of carbonyl (C=O) groups excluding carboxylic acids is 2. The van der Waals surface area contributed by atoms with Gasteiger partial charge in [0, 0.05) is 22.5 Å². The van der Waals surface area contributed by atoms with Crippen molar-refractivity contribution in [2.24, 2.45) is 0 Å². The first kappa shape index (κ1) is 17.4. The summed E-state index contributed by atoms with van der Waals surface area (Å²) in [6.07, 6.45) is 0. The molecule has 0 unspecified atom stereocenters. The second-order valence-corrected chi connectivity index (χ2v) is 6.17. The molecule has 2 N–H and O–H groups in total. The van der Waals surface area contributed by atoms with Gasteiger partial charge in [-0.2, -0.15) is 0 Å². The van der Waals surface area contributed by atoms with E-state index in [1.807, 2.05) is 50.2 Å². The summed E-state index contributed by atoms with van der Waals surface area (Å²) in [7, 11) is 0. The Bertz CT molecular complexity index is 949. The monoisotopic (exact) mass is 344 g/mol. The smallest absolute Gasteiger partial charge is 0.255 e. The van der Waals surface area contributed by atoms with Gasteiger partial charge in [-0.05, 0) is 55.8 Å². The maximum atomic E-state index is 12.5. The van der Waals surface area contributed by atoms with Gasteiger partial charge in [0.25, 0.3) is 11.8 Å². The average Bonchev–Trinajstić information content (AvgIpc) is 2.64. The fraction of sp³-hybridized carbons (Fsp3) is 0.0909. The van der Waals surface area contributed by atoms with E-state index in [0.717, 1.165) is 11.1 Å². The fourth-order valence-electron chi connectivity index (χ4n) is 2.65. The van der Waals surface area contributed by atoms with E-state index >= 15 is 0 Å². The molecule has 0 saturated heterocycles. The Morgan fingerprint density at radius 3 is 2.04 bits per heavy atom. The molecule has 26 heavy (non-hydrogen) atoms. The summed E-state index contributed by atoms with van der Waals surface area (Å²) in [5.41, 5.74) is 4.42. The van der Waals surface area contributed by atoms with Gasteiger partial charge in [-0.1, -0.05) is 42.0 Å². The van der Waals surface area contributed by atoms with Crippen LogP contribution in [0.4, 0.5) is 11.4 Å². The Hall–Kier alpha value is -3.40. The van der Waals surface area contributed by atoms with Crippen molar-refractivity contribution in [3.63, 3.8) is 0 Å². The van der Waals surface area contributed by atoms with Gasteiger partial charge in [0.1, 0.15) is 0 Å². The lowest BCUT2D eigenvalue weighted by Gasteiger charge is -2.11. The SMILES string of the molecule is Cc1ccc(C)c(C(=O)Nc2cccc(NC(=O)c3ccccc3)c2)c1. The summed E-state index contributed by atoms with van der Waals surface area (Å²) < 4.78 is 0. The minimum absolute atomic E-state index is 0.169. The van der Waals surface area contributed by atoms with E-state index in [1.54, 1.807) is 36.4 Å². The van der Waals surface area contributed by atoms with Crippen molar-refractivity contribution in [1.29, 1.82) is 0 Å². The van der Waals surface area contributed by atoms with Crippen LogP contribution in [0.1, 0.15) is 31.8 Å². The summed E-state index contributed by atoms with van der Waals surface area (Å²) in [6.45, 7) is 3.86. The molecule has 4 nitrogen and oxygen atoms in total. The van der Waals surface area contributed by atoms with Crippen LogP contribution in [0.5, 0.6) is 0 Å². The molecule has 0 atom stereocenters. The lowest BCUT2D eigenvalue weighted by Crippen LogP contribution is -2.15. The van der Waals surface area contributed by atoms with Gasteiger partial charge in [-0.25, -0.2) is 0 Å². The van der Waals surface area contributed by atoms with Crippen LogP contribution in [-0.2, 0) is 0 Å². The van der Waals surface area contributed by atoms with E-state index in [-0.39, 0.29) is 11.8 Å². The molecular formula is C22H20N2O2. The van der Waals surface area contributed by atoms with Crippen molar-refractivity contribution in [3.05, 3.63) is 95.1 Å². The quantitative estimate of drug-likeness (QED) is 0.714. The highest BCUT2D eigenvalue weighted by Gasteiger charge is 2.11. The van der Waals surface area contributed by atoms with E-state index in [9.17, 15) is 9.59 Å². The number of nitrogens with one attached hydrogen (secondary N) is 2. The van der Waals surface area contributed by atoms with E-state index in [0.29, 0.717) is 22.5 Å². The number of carbonyl (C=O) groups is 2. The molecule has 3 aromatic carbocycles. The second-order valence-electron chi connectivity index (χ2n) is 6.17. The van der Waals surface area contributed by atoms with Gasteiger partial charge in [-0.15, -0.1) is 0 Å². The van der Waals surface area contributed by atoms with Gasteiger partial charge >= 0.3 is 0 Å². The first-order valence-corrected chi connectivity index (χ1v) is 8.38. The predicted octanol–water partition coefficient (Wildman–Crippen LogP) is 4.81. The summed E-state index contributed by atoms with van der Waals surface area (Å²) in [5, 5.41) is 5.73. The number of amides is 2. The number of aryl methyl sites for hydroxylation is 2. The lowest BCUT2D eigenvalue weighted by molar-refractivity contribution is 0.101. The van der Waals surface area contributed by atoms with E-state index in [4.69, 9.17) is 0 Å². The van der Waals surface area contributed by atoms with E-state index in [1.165, 1.54) is 0 Å². The summed E-state index contributed by atoms with van der Waals surface area (Å²) in [5.74, 6) is -0.360. The standard InChI is InChI=1S/C22H20N2O2/c1-15-11-12-16(2)20(13-15)22(26)24-19-10-6-9-18(14-19)23-21(25)17-7-4-3-5-8-17/h3-14H,1-2H3,(H,23,25)(H,24,26). The van der Waals surface area contributed by atoms with Crippen LogP contribution < -0.4 is 10.6 Å². The number of rotatable bonds is 4. The van der Waals surface area contributed by atoms with Crippen LogP contribution in [0.25, 0.3) is 0 Å². The predicted molar refractivity (Wildman–Crippen MR) is 105 cm³/mol. The molecule has 0 aliphatic heterocycles. The second kappa shape index (κ2) is 7.66. The Kier molecular flexibility index (Phi) is 5.13. The Balaban J connectivity index is 1.74. The Morgan fingerprint density at radius 1 is 0.692 bits per heavy atom. The summed E-state index contributed by atoms with van der Waals surface area (Å²) in [6, 6.07) is 21.9. The molecule has 0 aromatic heterocycles. The van der Waals surface area contributed by atoms with Crippen LogP contribution >= 0.6 is 0 Å². The van der Waals surface area contributed by atoms with E-state index in [2.05, 4.69) is 10.6 Å². The zero-order valence-electron chi connectivity index (χ0n) is 14.7. The maximum absolute atomic E-state index is 12.5. The van der Waals surface area contributed by atoms with Crippen LogP contribution in [0, 0.1) is 13.8 Å². The van der Waals surface area contributed by atoms with Crippen molar-refractivity contribution in [2.45, 2.75) is 13.8 Å². The largest absolute Gasteiger partial charge is 0.322 e. The highest BCUT2D eigenvalue weighted by molar-refractivity contribution is 6.07. The minimum atomic E-state index is -0.191. The molecule has 0 bridgehead atoms. The third kappa shape index (κ3) is 4.16. The van der Waals surface area contributed by atoms with Crippen LogP contribution in [0.15, 0.2) is 72.8 Å². The zero-order chi connectivity index (χ0) is 18.5. The number of anilines is 2. The maximum Gasteiger partial charge on any atom is 0.255 e. The van der Waals surface area contributed by atoms with Crippen LogP contribution in [0.3, 0.4) is 0 Å². The van der Waals surface area contributed by atoms with Gasteiger partial charge in [0.15, 0.2) is 0 Å². The third-order valence-corrected chi connectivity index (χ3v) is 4.05. The molecule has 0 spiro atoms. The molecule has 0 fully saturated rings. The summed E-state index contributed by atoms with van der Waals surface area (Å²) >= 11 is 0. The average molecular weight is 344 g/mol. The summed E-state index contributed by atoms with van der Waals surface area (Å²) in [4.78, 5) is 24.8. The number of hydrogen-bond acceptors (Lipinski definition) is 2. The molecule has 130 valence electrons. The van der Waals surface area contributed by atoms with Crippen LogP contribution in [-0.4, -0.2) is 11.8 Å². The van der Waals surface area contributed by atoms with Gasteiger partial charge in [0.05, 0.1) is 0 Å². The molecule has 4 heteroatoms. The third-order valence-electron chi connectivity index (χ3n) is 4.05. The number of benzene rings is 3. The minimum Gasteiger partial charge on any atom is -0.322 e. The molecule has 0 radical (unpaired) electrons. The lowest BCUT2D eigenvalue weighted by atomic mass is 10.0. The first-order chi connectivity index (χ1) is 12.5. The Labute approximate surface area is 152 Å². The molecule has 0 heterocycles. The zero-order valence-corrected chi connectivity index (χ0v) is 14.7. The highest BCUT2D eigenvalue weighted by atomic mass is 16.2. The van der Waals surface area contributed by atoms with Gasteiger partial charge in [0.2, 0.25) is 0 Å². The van der Waals surface area contributed by atoms with Crippen molar-refractivity contribution in [2.75, 3.05) is 10.6 Å². The Morgan fingerprint density at radius 2 is 1.35 bits per heavy atom. The highest BCUT2D eigenvalue weighted by Crippen LogP contribution is 2.18. The molecule has 0 aliphatic carbocycles. The van der Waals surface area contributed by atoms with Crippen molar-refractivity contribution >= 4 is 23.2 Å². The number of hydrogen-bond donors (Lipinski definition) is 2. The van der Waals surface area contributed by atoms with Crippen molar-refractivity contribution in [3.8, 4) is 0 Å². The van der Waals surface area contributed by atoms with E-state index < -0.39 is 0 Å².